The second kappa shape index (κ2) is 15.6. The summed E-state index contributed by atoms with van der Waals surface area (Å²) in [6.45, 7) is 3.53. The molecule has 1 aromatic carbocycles. The van der Waals surface area contributed by atoms with E-state index in [9.17, 15) is 9.90 Å². The fraction of sp³-hybridized carbons (Fsp3) is 0.364. The van der Waals surface area contributed by atoms with Gasteiger partial charge in [0.05, 0.1) is 0 Å². The summed E-state index contributed by atoms with van der Waals surface area (Å²) >= 11 is 0. The Kier molecular flexibility index (Phi) is 10.8. The van der Waals surface area contributed by atoms with E-state index in [1.54, 1.807) is 18.5 Å². The fourth-order valence-corrected chi connectivity index (χ4v) is 5.11. The van der Waals surface area contributed by atoms with Crippen LogP contribution in [0, 0.1) is 0 Å². The zero-order valence-electron chi connectivity index (χ0n) is 24.4. The maximum Gasteiger partial charge on any atom is 0.326 e. The molecule has 0 fully saturated rings. The summed E-state index contributed by atoms with van der Waals surface area (Å²) < 4.78 is 5.85. The number of rotatable bonds is 16. The first kappa shape index (κ1) is 29.9. The predicted molar refractivity (Wildman–Crippen MR) is 167 cm³/mol. The van der Waals surface area contributed by atoms with Crippen LogP contribution in [0.15, 0.2) is 79.1 Å². The Hall–Kier alpha value is -4.57. The number of unbranched alkanes of at least 4 members (excludes halogenated alkanes) is 1. The Morgan fingerprint density at radius 1 is 0.953 bits per heavy atom. The van der Waals surface area contributed by atoms with Crippen LogP contribution in [-0.2, 0) is 17.6 Å². The van der Waals surface area contributed by atoms with Crippen LogP contribution in [0.4, 0.5) is 11.6 Å². The second-order valence-corrected chi connectivity index (χ2v) is 10.6. The van der Waals surface area contributed by atoms with Crippen molar-refractivity contribution >= 4 is 17.6 Å². The molecule has 43 heavy (non-hydrogen) atoms. The standard InChI is InChI=1S/C33H39N7O3/c41-33(42)28(38-29-16-20-36-32(39-29)25-9-2-1-3-10-25)17-22-40(23-24-43-30-13-4-6-18-34-30)21-7-5-12-27-15-14-26-11-8-19-35-31(26)37-27/h1-4,6,9-10,13-16,18,20,28H,5,7-8,11-12,17,19,21-24H2,(H,35,37)(H,41,42)(H,36,38,39)/t28-/m0/s1. The first-order valence-corrected chi connectivity index (χ1v) is 15.0. The molecule has 0 bridgehead atoms. The van der Waals surface area contributed by atoms with Gasteiger partial charge in [-0.2, -0.15) is 0 Å². The van der Waals surface area contributed by atoms with Crippen LogP contribution in [0.3, 0.4) is 0 Å². The predicted octanol–water partition coefficient (Wildman–Crippen LogP) is 4.95. The summed E-state index contributed by atoms with van der Waals surface area (Å²) in [5, 5.41) is 16.5. The van der Waals surface area contributed by atoms with Crippen molar-refractivity contribution in [3.63, 3.8) is 0 Å². The van der Waals surface area contributed by atoms with E-state index in [1.807, 2.05) is 48.5 Å². The topological polar surface area (TPSA) is 125 Å². The molecule has 0 spiro atoms. The number of hydrogen-bond acceptors (Lipinski definition) is 9. The quantitative estimate of drug-likeness (QED) is 0.157. The van der Waals surface area contributed by atoms with Gasteiger partial charge in [-0.3, -0.25) is 4.90 Å². The van der Waals surface area contributed by atoms with Crippen molar-refractivity contribution in [2.45, 2.75) is 44.6 Å². The van der Waals surface area contributed by atoms with Crippen molar-refractivity contribution in [2.24, 2.45) is 0 Å². The lowest BCUT2D eigenvalue weighted by Crippen LogP contribution is -2.37. The lowest BCUT2D eigenvalue weighted by Gasteiger charge is -2.24. The van der Waals surface area contributed by atoms with E-state index in [4.69, 9.17) is 9.72 Å². The van der Waals surface area contributed by atoms with Gasteiger partial charge in [-0.1, -0.05) is 42.5 Å². The van der Waals surface area contributed by atoms with Crippen molar-refractivity contribution in [1.82, 2.24) is 24.8 Å². The number of pyridine rings is 2. The van der Waals surface area contributed by atoms with E-state index in [2.05, 4.69) is 42.6 Å². The summed E-state index contributed by atoms with van der Waals surface area (Å²) in [5.74, 6) is 1.73. The molecule has 1 aliphatic heterocycles. The number of aryl methyl sites for hydroxylation is 2. The van der Waals surface area contributed by atoms with Gasteiger partial charge in [-0.15, -0.1) is 0 Å². The number of nitrogens with one attached hydrogen (secondary N) is 2. The van der Waals surface area contributed by atoms with Crippen molar-refractivity contribution in [3.8, 4) is 17.3 Å². The number of carboxylic acids is 1. The van der Waals surface area contributed by atoms with Crippen molar-refractivity contribution < 1.29 is 14.6 Å². The molecule has 0 radical (unpaired) electrons. The number of ether oxygens (including phenoxy) is 1. The molecule has 1 aliphatic rings. The van der Waals surface area contributed by atoms with Gasteiger partial charge >= 0.3 is 5.97 Å². The molecule has 1 atom stereocenters. The molecule has 5 rings (SSSR count). The van der Waals surface area contributed by atoms with Crippen LogP contribution in [0.5, 0.6) is 5.88 Å². The third kappa shape index (κ3) is 9.21. The monoisotopic (exact) mass is 581 g/mol. The van der Waals surface area contributed by atoms with Gasteiger partial charge in [0.2, 0.25) is 5.88 Å². The average molecular weight is 582 g/mol. The minimum Gasteiger partial charge on any atom is -0.480 e. The number of hydrogen-bond donors (Lipinski definition) is 3. The Morgan fingerprint density at radius 2 is 1.84 bits per heavy atom. The van der Waals surface area contributed by atoms with E-state index in [0.29, 0.717) is 43.6 Å². The van der Waals surface area contributed by atoms with Gasteiger partial charge in [-0.25, -0.2) is 24.7 Å². The molecule has 0 amide bonds. The molecule has 10 nitrogen and oxygen atoms in total. The summed E-state index contributed by atoms with van der Waals surface area (Å²) in [5.41, 5.74) is 3.28. The van der Waals surface area contributed by atoms with Gasteiger partial charge in [0, 0.05) is 49.4 Å². The third-order valence-electron chi connectivity index (χ3n) is 7.45. The Labute approximate surface area is 252 Å². The van der Waals surface area contributed by atoms with Crippen molar-refractivity contribution in [3.05, 3.63) is 90.4 Å². The SMILES string of the molecule is O=C(O)[C@H](CCN(CCCCc1ccc2c(n1)NCCC2)CCOc1ccccn1)Nc1ccnc(-c2ccccc2)n1. The molecular weight excluding hydrogens is 542 g/mol. The summed E-state index contributed by atoms with van der Waals surface area (Å²) in [6, 6.07) is 20.5. The lowest BCUT2D eigenvalue weighted by atomic mass is 10.1. The average Bonchev–Trinajstić information content (AvgIpc) is 3.05. The van der Waals surface area contributed by atoms with Crippen LogP contribution in [0.25, 0.3) is 11.4 Å². The number of anilines is 2. The molecule has 0 saturated heterocycles. The van der Waals surface area contributed by atoms with Gasteiger partial charge in [0.1, 0.15) is 24.3 Å². The highest BCUT2D eigenvalue weighted by Gasteiger charge is 2.20. The highest BCUT2D eigenvalue weighted by atomic mass is 16.5. The number of aromatic nitrogens is 4. The number of carboxylic acid groups (broad SMARTS) is 1. The van der Waals surface area contributed by atoms with Gasteiger partial charge < -0.3 is 20.5 Å². The molecular formula is C33H39N7O3. The van der Waals surface area contributed by atoms with Crippen LogP contribution in [0.1, 0.15) is 36.9 Å². The zero-order chi connectivity index (χ0) is 29.7. The maximum atomic E-state index is 12.2. The van der Waals surface area contributed by atoms with Gasteiger partial charge in [0.25, 0.3) is 0 Å². The van der Waals surface area contributed by atoms with E-state index in [1.165, 1.54) is 5.56 Å². The molecule has 4 heterocycles. The van der Waals surface area contributed by atoms with E-state index >= 15 is 0 Å². The highest BCUT2D eigenvalue weighted by molar-refractivity contribution is 5.77. The maximum absolute atomic E-state index is 12.2. The molecule has 0 unspecified atom stereocenters. The lowest BCUT2D eigenvalue weighted by molar-refractivity contribution is -0.138. The number of carbonyl (C=O) groups is 1. The number of aliphatic carboxylic acids is 1. The van der Waals surface area contributed by atoms with E-state index in [0.717, 1.165) is 62.3 Å². The number of nitrogens with zero attached hydrogens (tertiary/aromatic N) is 5. The highest BCUT2D eigenvalue weighted by Crippen LogP contribution is 2.21. The normalized spacial score (nSPS) is 13.1. The van der Waals surface area contributed by atoms with E-state index in [-0.39, 0.29) is 0 Å². The largest absolute Gasteiger partial charge is 0.480 e. The van der Waals surface area contributed by atoms with Gasteiger partial charge in [-0.05, 0) is 68.8 Å². The van der Waals surface area contributed by atoms with Crippen molar-refractivity contribution in [2.75, 3.05) is 43.4 Å². The third-order valence-corrected chi connectivity index (χ3v) is 7.45. The van der Waals surface area contributed by atoms with E-state index < -0.39 is 12.0 Å². The van der Waals surface area contributed by atoms with Crippen molar-refractivity contribution in [1.29, 1.82) is 0 Å². The molecule has 0 saturated carbocycles. The van der Waals surface area contributed by atoms with Crippen LogP contribution >= 0.6 is 0 Å². The molecule has 0 aliphatic carbocycles. The number of benzene rings is 1. The summed E-state index contributed by atoms with van der Waals surface area (Å²) in [6.07, 6.45) is 8.86. The van der Waals surface area contributed by atoms with Gasteiger partial charge in [0.15, 0.2) is 5.82 Å². The van der Waals surface area contributed by atoms with Crippen LogP contribution < -0.4 is 15.4 Å². The van der Waals surface area contributed by atoms with Crippen LogP contribution in [-0.4, -0.2) is 74.7 Å². The molecule has 224 valence electrons. The second-order valence-electron chi connectivity index (χ2n) is 10.6. The zero-order valence-corrected chi connectivity index (χ0v) is 24.4. The molecule has 10 heteroatoms. The molecule has 4 aromatic rings. The summed E-state index contributed by atoms with van der Waals surface area (Å²) in [7, 11) is 0. The summed E-state index contributed by atoms with van der Waals surface area (Å²) in [4.78, 5) is 32.4. The first-order valence-electron chi connectivity index (χ1n) is 15.0. The minimum atomic E-state index is -0.920. The first-order chi connectivity index (χ1) is 21.1. The fourth-order valence-electron chi connectivity index (χ4n) is 5.11. The Morgan fingerprint density at radius 3 is 2.67 bits per heavy atom. The Bertz CT molecular complexity index is 1440. The Balaban J connectivity index is 1.16. The smallest absolute Gasteiger partial charge is 0.326 e. The van der Waals surface area contributed by atoms with Crippen LogP contribution in [0.2, 0.25) is 0 Å². The molecule has 3 N–H and O–H groups in total. The minimum absolute atomic E-state index is 0.404. The number of fused-ring (bicyclic) bond motifs is 1. The molecule has 3 aromatic heterocycles.